The van der Waals surface area contributed by atoms with Gasteiger partial charge in [0.05, 0.1) is 24.4 Å². The lowest BCUT2D eigenvalue weighted by Gasteiger charge is -2.38. The van der Waals surface area contributed by atoms with Crippen LogP contribution in [0.2, 0.25) is 0 Å². The number of piperidine rings is 1. The molecule has 4 N–H and O–H groups in total. The molecule has 3 amide bonds. The number of hydrogen-bond acceptors (Lipinski definition) is 10. The third kappa shape index (κ3) is 5.27. The van der Waals surface area contributed by atoms with E-state index >= 15 is 4.39 Å². The smallest absolute Gasteiger partial charge is 0.416 e. The van der Waals surface area contributed by atoms with E-state index in [1.54, 1.807) is 6.92 Å². The normalized spacial score (nSPS) is 27.8. The molecule has 7 rings (SSSR count). The van der Waals surface area contributed by atoms with Gasteiger partial charge in [-0.1, -0.05) is 0 Å². The number of nitrogens with one attached hydrogen (secondary N) is 3. The van der Waals surface area contributed by atoms with Crippen molar-refractivity contribution in [3.05, 3.63) is 35.3 Å². The average Bonchev–Trinajstić information content (AvgIpc) is 3.64. The van der Waals surface area contributed by atoms with Crippen LogP contribution in [-0.4, -0.2) is 94.5 Å². The van der Waals surface area contributed by atoms with E-state index in [-0.39, 0.29) is 41.9 Å². The van der Waals surface area contributed by atoms with Gasteiger partial charge in [-0.3, -0.25) is 14.5 Å². The molecular weight excluding hydrogens is 561 g/mol. The molecule has 228 valence electrons. The summed E-state index contributed by atoms with van der Waals surface area (Å²) in [7, 11) is 0. The van der Waals surface area contributed by atoms with Crippen LogP contribution in [-0.2, 0) is 27.2 Å². The van der Waals surface area contributed by atoms with E-state index in [0.717, 1.165) is 25.2 Å². The summed E-state index contributed by atoms with van der Waals surface area (Å²) >= 11 is 0. The third-order valence-electron chi connectivity index (χ3n) is 9.27. The number of anilines is 3. The van der Waals surface area contributed by atoms with Crippen LogP contribution in [0.3, 0.4) is 0 Å². The molecule has 5 heterocycles. The lowest BCUT2D eigenvalue weighted by Crippen LogP contribution is -2.48. The van der Waals surface area contributed by atoms with Crippen LogP contribution in [0.5, 0.6) is 5.88 Å². The van der Waals surface area contributed by atoms with Gasteiger partial charge in [0.2, 0.25) is 5.91 Å². The average molecular weight is 596 g/mol. The van der Waals surface area contributed by atoms with Crippen molar-refractivity contribution in [2.45, 2.75) is 56.3 Å². The monoisotopic (exact) mass is 595 g/mol. The summed E-state index contributed by atoms with van der Waals surface area (Å²) in [4.78, 5) is 49.7. The fourth-order valence-electron chi connectivity index (χ4n) is 6.93. The molecule has 14 heteroatoms. The molecule has 1 aromatic heterocycles. The number of likely N-dealkylation sites (tertiary alicyclic amines) is 1. The van der Waals surface area contributed by atoms with E-state index < -0.39 is 23.3 Å². The summed E-state index contributed by atoms with van der Waals surface area (Å²) < 4.78 is 26.2. The van der Waals surface area contributed by atoms with Gasteiger partial charge in [-0.25, -0.2) is 19.2 Å². The number of carbonyl (C=O) groups is 3. The van der Waals surface area contributed by atoms with Crippen LogP contribution in [0.1, 0.15) is 37.3 Å². The number of rotatable bonds is 5. The van der Waals surface area contributed by atoms with Crippen LogP contribution < -0.4 is 25.6 Å². The lowest BCUT2D eigenvalue weighted by molar-refractivity contribution is -0.121. The van der Waals surface area contributed by atoms with Crippen molar-refractivity contribution >= 4 is 35.2 Å². The Hall–Kier alpha value is -3.88. The summed E-state index contributed by atoms with van der Waals surface area (Å²) in [6, 6.07) is 3.25. The van der Waals surface area contributed by atoms with Gasteiger partial charge < -0.3 is 35.4 Å². The summed E-state index contributed by atoms with van der Waals surface area (Å²) in [6.07, 6.45) is 3.31. The molecule has 43 heavy (non-hydrogen) atoms. The zero-order chi connectivity index (χ0) is 29.9. The number of benzene rings is 1. The Labute approximate surface area is 247 Å². The molecule has 1 spiro atoms. The quantitative estimate of drug-likeness (QED) is 0.396. The molecular formula is C29H34FN7O6. The van der Waals surface area contributed by atoms with E-state index in [0.29, 0.717) is 62.3 Å². The molecule has 2 aromatic rings. The molecule has 0 bridgehead atoms. The topological polar surface area (TPSA) is 158 Å². The Balaban J connectivity index is 0.943. The summed E-state index contributed by atoms with van der Waals surface area (Å²) in [5, 5.41) is 18.3. The zero-order valence-corrected chi connectivity index (χ0v) is 23.8. The third-order valence-corrected chi connectivity index (χ3v) is 9.27. The fourth-order valence-corrected chi connectivity index (χ4v) is 6.93. The maximum Gasteiger partial charge on any atom is 0.416 e. The van der Waals surface area contributed by atoms with Crippen LogP contribution >= 0.6 is 0 Å². The van der Waals surface area contributed by atoms with Gasteiger partial charge in [-0.05, 0) is 48.9 Å². The molecule has 3 fully saturated rings. The van der Waals surface area contributed by atoms with Gasteiger partial charge in [-0.2, -0.15) is 0 Å². The number of aliphatic hydroxyl groups is 1. The number of hydrogen-bond donors (Lipinski definition) is 4. The van der Waals surface area contributed by atoms with Gasteiger partial charge in [0.15, 0.2) is 18.2 Å². The second-order valence-electron chi connectivity index (χ2n) is 12.6. The molecule has 5 aliphatic rings. The lowest BCUT2D eigenvalue weighted by atomic mass is 9.90. The molecule has 0 radical (unpaired) electrons. The zero-order valence-electron chi connectivity index (χ0n) is 23.8. The minimum absolute atomic E-state index is 0.128. The van der Waals surface area contributed by atoms with E-state index in [2.05, 4.69) is 30.8 Å². The summed E-state index contributed by atoms with van der Waals surface area (Å²) in [5.41, 5.74) is 0.506. The molecule has 4 aliphatic heterocycles. The first kappa shape index (κ1) is 27.9. The Morgan fingerprint density at radius 2 is 2.07 bits per heavy atom. The predicted octanol–water partition coefficient (Wildman–Crippen LogP) is 1.20. The van der Waals surface area contributed by atoms with Gasteiger partial charge >= 0.3 is 6.09 Å². The van der Waals surface area contributed by atoms with Crippen LogP contribution in [0.15, 0.2) is 18.3 Å². The second kappa shape index (κ2) is 10.4. The Morgan fingerprint density at radius 1 is 1.26 bits per heavy atom. The largest absolute Gasteiger partial charge is 0.465 e. The molecule has 3 saturated heterocycles. The number of nitrogens with zero attached hydrogens (tertiary/aromatic N) is 4. The number of aliphatic hydroxyl groups excluding tert-OH is 1. The van der Waals surface area contributed by atoms with Crippen molar-refractivity contribution in [3.8, 4) is 5.88 Å². The van der Waals surface area contributed by atoms with Gasteiger partial charge in [0.1, 0.15) is 11.4 Å². The van der Waals surface area contributed by atoms with Crippen molar-refractivity contribution < 1.29 is 33.4 Å². The second-order valence-corrected chi connectivity index (χ2v) is 12.6. The number of aromatic nitrogens is 2. The van der Waals surface area contributed by atoms with Gasteiger partial charge in [0, 0.05) is 51.1 Å². The van der Waals surface area contributed by atoms with Crippen LogP contribution in [0, 0.1) is 11.7 Å². The molecule has 3 unspecified atom stereocenters. The van der Waals surface area contributed by atoms with Crippen LogP contribution in [0.4, 0.5) is 26.5 Å². The van der Waals surface area contributed by atoms with E-state index in [9.17, 15) is 19.5 Å². The molecule has 1 aliphatic carbocycles. The molecule has 13 nitrogen and oxygen atoms in total. The number of β-amino-alcohol motifs (C(OH)–C–C–N with tert-alkyl or cyclic N) is 1. The maximum atomic E-state index is 15.1. The SMILES string of the molecule is CC1(C(=O)Nc2cc(F)c3c(c2)CC(CN2CCC4(CC2)CN(c2cnc5c(n2)NC(=O)CO5)C(=O)O4)C3)CC(O)CN1. The molecule has 0 saturated carbocycles. The predicted molar refractivity (Wildman–Crippen MR) is 151 cm³/mol. The minimum Gasteiger partial charge on any atom is -0.465 e. The Kier molecular flexibility index (Phi) is 6.74. The first-order valence-corrected chi connectivity index (χ1v) is 14.7. The van der Waals surface area contributed by atoms with Crippen molar-refractivity contribution in [3.63, 3.8) is 0 Å². The number of halogens is 1. The standard InChI is InChI=1S/C29H34FN7O6/c1-28(10-19(38)11-32-28)26(40)33-18-8-17-6-16(7-20(17)21(30)9-18)13-36-4-2-29(3-5-36)15-37(27(41)43-29)22-12-31-25-24(34-22)35-23(39)14-42-25/h8-9,12,16,19,32,38H,2-7,10-11,13-15H2,1H3,(H,33,40)(H,34,35,39). The fraction of sp³-hybridized carbons (Fsp3) is 0.552. The highest BCUT2D eigenvalue weighted by Crippen LogP contribution is 2.38. The van der Waals surface area contributed by atoms with E-state index in [4.69, 9.17) is 9.47 Å². The molecule has 3 atom stereocenters. The van der Waals surface area contributed by atoms with Crippen molar-refractivity contribution in [1.82, 2.24) is 20.2 Å². The number of fused-ring (bicyclic) bond motifs is 2. The van der Waals surface area contributed by atoms with Gasteiger partial charge in [0.25, 0.3) is 11.8 Å². The van der Waals surface area contributed by atoms with Gasteiger partial charge in [-0.15, -0.1) is 0 Å². The van der Waals surface area contributed by atoms with Crippen molar-refractivity contribution in [2.75, 3.05) is 54.9 Å². The number of ether oxygens (including phenoxy) is 2. The van der Waals surface area contributed by atoms with E-state index in [1.807, 2.05) is 6.07 Å². The Bertz CT molecular complexity index is 1500. The first-order valence-electron chi connectivity index (χ1n) is 14.7. The summed E-state index contributed by atoms with van der Waals surface area (Å²) in [6.45, 7) is 4.55. The number of amides is 3. The minimum atomic E-state index is -0.895. The van der Waals surface area contributed by atoms with Crippen molar-refractivity contribution in [2.24, 2.45) is 5.92 Å². The first-order chi connectivity index (χ1) is 20.6. The molecule has 1 aromatic carbocycles. The highest BCUT2D eigenvalue weighted by molar-refractivity contribution is 5.98. The summed E-state index contributed by atoms with van der Waals surface area (Å²) in [5.74, 6) is -0.00974. The van der Waals surface area contributed by atoms with Crippen molar-refractivity contribution in [1.29, 1.82) is 0 Å². The highest BCUT2D eigenvalue weighted by atomic mass is 19.1. The highest BCUT2D eigenvalue weighted by Gasteiger charge is 2.48. The van der Waals surface area contributed by atoms with Crippen LogP contribution in [0.25, 0.3) is 0 Å². The maximum absolute atomic E-state index is 15.1. The Morgan fingerprint density at radius 3 is 2.84 bits per heavy atom. The van der Waals surface area contributed by atoms with E-state index in [1.165, 1.54) is 17.2 Å². The number of carbonyl (C=O) groups excluding carboxylic acids is 3.